The number of para-hydroxylation sites is 3. The van der Waals surface area contributed by atoms with Gasteiger partial charge in [-0.15, -0.1) is 0 Å². The molecule has 3 aromatic carbocycles. The predicted octanol–water partition coefficient (Wildman–Crippen LogP) is 3.36. The number of nitrogens with zero attached hydrogens (tertiary/aromatic N) is 1. The summed E-state index contributed by atoms with van der Waals surface area (Å²) in [5.74, 6) is -1.64. The zero-order chi connectivity index (χ0) is 23.5. The van der Waals surface area contributed by atoms with Crippen molar-refractivity contribution in [2.24, 2.45) is 5.10 Å². The Labute approximate surface area is 191 Å². The number of anilines is 2. The smallest absolute Gasteiger partial charge is 0.329 e. The lowest BCUT2D eigenvalue weighted by Crippen LogP contribution is -2.32. The first kappa shape index (κ1) is 23.2. The van der Waals surface area contributed by atoms with Gasteiger partial charge in [0.1, 0.15) is 5.75 Å². The molecule has 33 heavy (non-hydrogen) atoms. The molecule has 0 heterocycles. The summed E-state index contributed by atoms with van der Waals surface area (Å²) in [6.45, 7) is 1.76. The predicted molar refractivity (Wildman–Crippen MR) is 127 cm³/mol. The van der Waals surface area contributed by atoms with Crippen molar-refractivity contribution in [3.05, 3.63) is 90.0 Å². The maximum Gasteiger partial charge on any atom is 0.329 e. The molecule has 0 unspecified atom stereocenters. The third-order valence-corrected chi connectivity index (χ3v) is 4.56. The van der Waals surface area contributed by atoms with Gasteiger partial charge in [-0.3, -0.25) is 14.4 Å². The van der Waals surface area contributed by atoms with Crippen LogP contribution in [-0.2, 0) is 20.8 Å². The van der Waals surface area contributed by atoms with Crippen LogP contribution in [0.4, 0.5) is 11.4 Å². The molecule has 3 amide bonds. The molecular formula is C25H24N4O4. The van der Waals surface area contributed by atoms with E-state index in [4.69, 9.17) is 4.74 Å². The highest BCUT2D eigenvalue weighted by Crippen LogP contribution is 2.16. The SMILES string of the molecule is CCc1ccccc1NC(=O)C(=O)N/N=C\c1ccccc1OCC(=O)Nc1ccccc1. The van der Waals surface area contributed by atoms with Crippen LogP contribution in [0.2, 0.25) is 0 Å². The molecule has 0 saturated carbocycles. The zero-order valence-electron chi connectivity index (χ0n) is 18.1. The minimum Gasteiger partial charge on any atom is -0.483 e. The first-order chi connectivity index (χ1) is 16.1. The van der Waals surface area contributed by atoms with E-state index in [9.17, 15) is 14.4 Å². The van der Waals surface area contributed by atoms with Gasteiger partial charge in [-0.05, 0) is 42.3 Å². The summed E-state index contributed by atoms with van der Waals surface area (Å²) in [6, 6.07) is 23.2. The van der Waals surface area contributed by atoms with Crippen molar-refractivity contribution in [1.29, 1.82) is 0 Å². The number of rotatable bonds is 8. The summed E-state index contributed by atoms with van der Waals surface area (Å²) >= 11 is 0. The Morgan fingerprint density at radius 1 is 0.848 bits per heavy atom. The van der Waals surface area contributed by atoms with Gasteiger partial charge < -0.3 is 15.4 Å². The van der Waals surface area contributed by atoms with E-state index >= 15 is 0 Å². The van der Waals surface area contributed by atoms with Crippen LogP contribution in [0.15, 0.2) is 84.0 Å². The van der Waals surface area contributed by atoms with Gasteiger partial charge in [0, 0.05) is 16.9 Å². The normalized spacial score (nSPS) is 10.5. The number of amides is 3. The van der Waals surface area contributed by atoms with Gasteiger partial charge >= 0.3 is 11.8 Å². The number of benzene rings is 3. The van der Waals surface area contributed by atoms with E-state index in [1.54, 1.807) is 48.5 Å². The minimum atomic E-state index is -0.905. The van der Waals surface area contributed by atoms with Gasteiger partial charge in [-0.25, -0.2) is 5.43 Å². The van der Waals surface area contributed by atoms with E-state index in [0.29, 0.717) is 22.7 Å². The van der Waals surface area contributed by atoms with Crippen LogP contribution in [0.25, 0.3) is 0 Å². The van der Waals surface area contributed by atoms with Gasteiger partial charge in [0.2, 0.25) is 0 Å². The first-order valence-electron chi connectivity index (χ1n) is 10.4. The topological polar surface area (TPSA) is 109 Å². The summed E-state index contributed by atoms with van der Waals surface area (Å²) in [5.41, 5.74) is 4.90. The van der Waals surface area contributed by atoms with Crippen LogP contribution in [0.5, 0.6) is 5.75 Å². The highest BCUT2D eigenvalue weighted by molar-refractivity contribution is 6.39. The fourth-order valence-corrected chi connectivity index (χ4v) is 2.92. The molecule has 0 saturated heterocycles. The highest BCUT2D eigenvalue weighted by Gasteiger charge is 2.14. The van der Waals surface area contributed by atoms with Crippen molar-refractivity contribution >= 4 is 35.3 Å². The fraction of sp³-hybridized carbons (Fsp3) is 0.120. The van der Waals surface area contributed by atoms with E-state index < -0.39 is 11.8 Å². The largest absolute Gasteiger partial charge is 0.483 e. The molecular weight excluding hydrogens is 420 g/mol. The van der Waals surface area contributed by atoms with E-state index in [1.165, 1.54) is 6.21 Å². The maximum absolute atomic E-state index is 12.2. The fourth-order valence-electron chi connectivity index (χ4n) is 2.92. The van der Waals surface area contributed by atoms with Gasteiger partial charge in [0.15, 0.2) is 6.61 Å². The van der Waals surface area contributed by atoms with E-state index in [0.717, 1.165) is 12.0 Å². The van der Waals surface area contributed by atoms with Crippen LogP contribution in [-0.4, -0.2) is 30.5 Å². The zero-order valence-corrected chi connectivity index (χ0v) is 18.1. The quantitative estimate of drug-likeness (QED) is 0.281. The summed E-state index contributed by atoms with van der Waals surface area (Å²) in [5, 5.41) is 9.15. The van der Waals surface area contributed by atoms with E-state index in [-0.39, 0.29) is 12.5 Å². The molecule has 0 radical (unpaired) electrons. The Bertz CT molecular complexity index is 1150. The Kier molecular flexibility index (Phi) is 8.30. The van der Waals surface area contributed by atoms with Gasteiger partial charge in [0.25, 0.3) is 5.91 Å². The first-order valence-corrected chi connectivity index (χ1v) is 10.4. The Morgan fingerprint density at radius 3 is 2.33 bits per heavy atom. The lowest BCUT2D eigenvalue weighted by Gasteiger charge is -2.10. The number of hydrogen-bond donors (Lipinski definition) is 3. The molecule has 3 N–H and O–H groups in total. The van der Waals surface area contributed by atoms with Crippen LogP contribution >= 0.6 is 0 Å². The molecule has 3 rings (SSSR count). The van der Waals surface area contributed by atoms with Gasteiger partial charge in [-0.2, -0.15) is 5.10 Å². The number of hydrogen-bond acceptors (Lipinski definition) is 5. The molecule has 0 atom stereocenters. The molecule has 0 spiro atoms. The molecule has 168 valence electrons. The van der Waals surface area contributed by atoms with Crippen LogP contribution in [0, 0.1) is 0 Å². The number of nitrogens with one attached hydrogen (secondary N) is 3. The summed E-state index contributed by atoms with van der Waals surface area (Å²) in [4.78, 5) is 36.3. The second-order valence-corrected chi connectivity index (χ2v) is 6.90. The lowest BCUT2D eigenvalue weighted by molar-refractivity contribution is -0.136. The summed E-state index contributed by atoms with van der Waals surface area (Å²) in [6.07, 6.45) is 2.06. The number of aryl methyl sites for hydroxylation is 1. The van der Waals surface area contributed by atoms with Crippen LogP contribution in [0.1, 0.15) is 18.1 Å². The van der Waals surface area contributed by atoms with Crippen molar-refractivity contribution in [3.63, 3.8) is 0 Å². The maximum atomic E-state index is 12.2. The molecule has 0 fully saturated rings. The highest BCUT2D eigenvalue weighted by atomic mass is 16.5. The molecule has 0 aliphatic carbocycles. The molecule has 3 aromatic rings. The van der Waals surface area contributed by atoms with Crippen molar-refractivity contribution in [2.45, 2.75) is 13.3 Å². The standard InChI is InChI=1S/C25H24N4O4/c1-2-18-10-6-8-14-21(18)28-24(31)25(32)29-26-16-19-11-7-9-15-22(19)33-17-23(30)27-20-12-4-3-5-13-20/h3-16H,2,17H2,1H3,(H,27,30)(H,28,31)(H,29,32)/b26-16-. The Hall–Kier alpha value is -4.46. The van der Waals surface area contributed by atoms with Crippen molar-refractivity contribution in [3.8, 4) is 5.75 Å². The van der Waals surface area contributed by atoms with Crippen molar-refractivity contribution < 1.29 is 19.1 Å². The van der Waals surface area contributed by atoms with Crippen molar-refractivity contribution in [1.82, 2.24) is 5.43 Å². The molecule has 0 aliphatic heterocycles. The van der Waals surface area contributed by atoms with E-state index in [2.05, 4.69) is 21.2 Å². The molecule has 0 aromatic heterocycles. The molecule has 0 bridgehead atoms. The Morgan fingerprint density at radius 2 is 1.55 bits per heavy atom. The van der Waals surface area contributed by atoms with Gasteiger partial charge in [0.05, 0.1) is 6.21 Å². The minimum absolute atomic E-state index is 0.203. The third kappa shape index (κ3) is 7.03. The number of ether oxygens (including phenoxy) is 1. The van der Waals surface area contributed by atoms with Crippen LogP contribution in [0.3, 0.4) is 0 Å². The monoisotopic (exact) mass is 444 g/mol. The van der Waals surface area contributed by atoms with Gasteiger partial charge in [-0.1, -0.05) is 55.5 Å². The number of carbonyl (C=O) groups is 3. The summed E-state index contributed by atoms with van der Waals surface area (Å²) in [7, 11) is 0. The van der Waals surface area contributed by atoms with Crippen LogP contribution < -0.4 is 20.8 Å². The second kappa shape index (κ2) is 11.8. The third-order valence-electron chi connectivity index (χ3n) is 4.56. The Balaban J connectivity index is 1.54. The average Bonchev–Trinajstić information content (AvgIpc) is 2.84. The summed E-state index contributed by atoms with van der Waals surface area (Å²) < 4.78 is 5.59. The molecule has 8 heteroatoms. The average molecular weight is 444 g/mol. The number of hydrazone groups is 1. The van der Waals surface area contributed by atoms with Crippen molar-refractivity contribution in [2.75, 3.05) is 17.2 Å². The molecule has 8 nitrogen and oxygen atoms in total. The second-order valence-electron chi connectivity index (χ2n) is 6.90. The van der Waals surface area contributed by atoms with E-state index in [1.807, 2.05) is 37.3 Å². The number of carbonyl (C=O) groups excluding carboxylic acids is 3. The molecule has 0 aliphatic rings. The lowest BCUT2D eigenvalue weighted by atomic mass is 10.1.